The summed E-state index contributed by atoms with van der Waals surface area (Å²) in [6, 6.07) is 16.1. The zero-order chi connectivity index (χ0) is 23.0. The van der Waals surface area contributed by atoms with Crippen molar-refractivity contribution >= 4 is 23.4 Å². The highest BCUT2D eigenvalue weighted by Gasteiger charge is 2.47. The first-order valence-electron chi connectivity index (χ1n) is 10.3. The minimum Gasteiger partial charge on any atom is -0.329 e. The van der Waals surface area contributed by atoms with Crippen LogP contribution < -0.4 is 10.2 Å². The number of nitrogens with zero attached hydrogens (tertiary/aromatic N) is 1. The second kappa shape index (κ2) is 8.38. The molecule has 3 aromatic rings. The number of urea groups is 1. The van der Waals surface area contributed by atoms with Gasteiger partial charge < -0.3 is 5.32 Å². The van der Waals surface area contributed by atoms with E-state index in [1.165, 1.54) is 18.2 Å². The van der Waals surface area contributed by atoms with Gasteiger partial charge in [0.1, 0.15) is 11.7 Å². The number of hydrogen-bond donors (Lipinski definition) is 1. The molecule has 0 aromatic heterocycles. The summed E-state index contributed by atoms with van der Waals surface area (Å²) in [5, 5.41) is 2.70. The second-order valence-electron chi connectivity index (χ2n) is 8.10. The Morgan fingerprint density at radius 2 is 1.59 bits per heavy atom. The van der Waals surface area contributed by atoms with Crippen molar-refractivity contribution in [1.29, 1.82) is 0 Å². The summed E-state index contributed by atoms with van der Waals surface area (Å²) in [6.45, 7) is 5.70. The van der Waals surface area contributed by atoms with Gasteiger partial charge in [-0.2, -0.15) is 0 Å². The van der Waals surface area contributed by atoms with Crippen LogP contribution in [0.3, 0.4) is 0 Å². The van der Waals surface area contributed by atoms with E-state index in [1.54, 1.807) is 42.5 Å². The number of nitrogens with one attached hydrogen (secondary N) is 1. The predicted octanol–water partition coefficient (Wildman–Crippen LogP) is 5.05. The Kier molecular flexibility index (Phi) is 5.61. The third-order valence-corrected chi connectivity index (χ3v) is 5.91. The van der Waals surface area contributed by atoms with Crippen LogP contribution in [0.1, 0.15) is 38.7 Å². The lowest BCUT2D eigenvalue weighted by Gasteiger charge is -2.37. The van der Waals surface area contributed by atoms with Crippen LogP contribution in [-0.2, 0) is 4.79 Å². The van der Waals surface area contributed by atoms with Crippen molar-refractivity contribution in [3.05, 3.63) is 100 Å². The van der Waals surface area contributed by atoms with Gasteiger partial charge in [0.25, 0.3) is 0 Å². The van der Waals surface area contributed by atoms with Gasteiger partial charge in [-0.05, 0) is 50.1 Å². The van der Waals surface area contributed by atoms with Gasteiger partial charge in [0, 0.05) is 11.1 Å². The number of hydrogen-bond acceptors (Lipinski definition) is 3. The first-order valence-corrected chi connectivity index (χ1v) is 10.3. The number of halogens is 1. The fourth-order valence-corrected chi connectivity index (χ4v) is 3.92. The molecule has 0 unspecified atom stereocenters. The highest BCUT2D eigenvalue weighted by atomic mass is 19.1. The largest absolute Gasteiger partial charge is 0.329 e. The number of imide groups is 1. The Bertz CT molecular complexity index is 1220. The molecule has 3 amide bonds. The zero-order valence-electron chi connectivity index (χ0n) is 18.1. The van der Waals surface area contributed by atoms with Gasteiger partial charge in [-0.15, -0.1) is 0 Å². The highest BCUT2D eigenvalue weighted by molar-refractivity contribution is 6.25. The molecule has 0 saturated carbocycles. The molecule has 5 nitrogen and oxygen atoms in total. The van der Waals surface area contributed by atoms with Gasteiger partial charge in [-0.3, -0.25) is 9.59 Å². The van der Waals surface area contributed by atoms with E-state index in [1.807, 2.05) is 26.8 Å². The van der Waals surface area contributed by atoms with Gasteiger partial charge in [0.2, 0.25) is 5.91 Å². The molecule has 0 radical (unpaired) electrons. The Hall–Kier alpha value is -3.80. The fourth-order valence-electron chi connectivity index (χ4n) is 3.92. The number of carbonyl (C=O) groups excluding carboxylic acids is 3. The van der Waals surface area contributed by atoms with Crippen LogP contribution in [0.4, 0.5) is 14.9 Å². The topological polar surface area (TPSA) is 66.5 Å². The first kappa shape index (κ1) is 21.4. The molecule has 1 fully saturated rings. The molecule has 2 atom stereocenters. The molecule has 1 aliphatic heterocycles. The maximum atomic E-state index is 14.7. The van der Waals surface area contributed by atoms with Crippen LogP contribution >= 0.6 is 0 Å². The average molecular weight is 430 g/mol. The Balaban J connectivity index is 1.82. The molecule has 4 rings (SSSR count). The number of aryl methyl sites for hydroxylation is 3. The molecule has 162 valence electrons. The van der Waals surface area contributed by atoms with Crippen molar-refractivity contribution in [2.75, 3.05) is 4.90 Å². The minimum atomic E-state index is -1.31. The summed E-state index contributed by atoms with van der Waals surface area (Å²) in [5.41, 5.74) is 3.67. The lowest BCUT2D eigenvalue weighted by molar-refractivity contribution is -0.121. The van der Waals surface area contributed by atoms with Crippen molar-refractivity contribution in [1.82, 2.24) is 5.32 Å². The molecule has 1 aliphatic rings. The number of Topliss-reactive ketones (excluding diaryl/α,β-unsaturated/α-hetero) is 1. The monoisotopic (exact) mass is 430 g/mol. The van der Waals surface area contributed by atoms with E-state index in [4.69, 9.17) is 0 Å². The van der Waals surface area contributed by atoms with E-state index in [9.17, 15) is 18.8 Å². The molecule has 0 spiro atoms. The molecule has 32 heavy (non-hydrogen) atoms. The molecule has 1 heterocycles. The lowest BCUT2D eigenvalue weighted by Crippen LogP contribution is -2.58. The van der Waals surface area contributed by atoms with Crippen molar-refractivity contribution in [2.45, 2.75) is 26.8 Å². The van der Waals surface area contributed by atoms with Crippen LogP contribution in [-0.4, -0.2) is 17.7 Å². The van der Waals surface area contributed by atoms with E-state index >= 15 is 0 Å². The molecule has 1 N–H and O–H groups in total. The normalized spacial score (nSPS) is 18.4. The smallest absolute Gasteiger partial charge is 0.329 e. The van der Waals surface area contributed by atoms with Gasteiger partial charge in [0.15, 0.2) is 5.78 Å². The molecular weight excluding hydrogens is 407 g/mol. The Morgan fingerprint density at radius 3 is 2.25 bits per heavy atom. The van der Waals surface area contributed by atoms with E-state index in [2.05, 4.69) is 5.32 Å². The standard InChI is InChI=1S/C26H23FN2O3/c1-15-8-11-18(12-9-15)24(30)22-23(20-6-4-5-7-21(20)27)28-26(32)29(25(22)31)19-13-10-16(2)17(3)14-19/h4-14,22-23H,1-3H3,(H,28,32)/t22-,23+/m1/s1. The van der Waals surface area contributed by atoms with Crippen molar-refractivity contribution in [3.63, 3.8) is 0 Å². The van der Waals surface area contributed by atoms with Gasteiger partial charge in [-0.1, -0.05) is 54.1 Å². The summed E-state index contributed by atoms with van der Waals surface area (Å²) in [4.78, 5) is 41.1. The molecule has 3 aromatic carbocycles. The maximum Gasteiger partial charge on any atom is 0.329 e. The number of anilines is 1. The van der Waals surface area contributed by atoms with Gasteiger partial charge in [-0.25, -0.2) is 14.1 Å². The van der Waals surface area contributed by atoms with Crippen molar-refractivity contribution < 1.29 is 18.8 Å². The summed E-state index contributed by atoms with van der Waals surface area (Å²) in [5.74, 6) is -3.06. The van der Waals surface area contributed by atoms with Crippen molar-refractivity contribution in [3.8, 4) is 0 Å². The first-order chi connectivity index (χ1) is 15.3. The second-order valence-corrected chi connectivity index (χ2v) is 8.10. The third kappa shape index (κ3) is 3.80. The quantitative estimate of drug-likeness (QED) is 0.465. The van der Waals surface area contributed by atoms with Gasteiger partial charge in [0.05, 0.1) is 11.7 Å². The predicted molar refractivity (Wildman–Crippen MR) is 120 cm³/mol. The number of rotatable bonds is 4. The van der Waals surface area contributed by atoms with Crippen LogP contribution in [0.5, 0.6) is 0 Å². The molecule has 1 saturated heterocycles. The van der Waals surface area contributed by atoms with E-state index in [-0.39, 0.29) is 5.56 Å². The number of benzene rings is 3. The molecule has 0 bridgehead atoms. The highest BCUT2D eigenvalue weighted by Crippen LogP contribution is 2.35. The molecule has 6 heteroatoms. The lowest BCUT2D eigenvalue weighted by atomic mass is 9.83. The van der Waals surface area contributed by atoms with Crippen LogP contribution in [0.25, 0.3) is 0 Å². The molecular formula is C26H23FN2O3. The Morgan fingerprint density at radius 1 is 0.906 bits per heavy atom. The summed E-state index contributed by atoms with van der Waals surface area (Å²) in [7, 11) is 0. The summed E-state index contributed by atoms with van der Waals surface area (Å²) >= 11 is 0. The van der Waals surface area contributed by atoms with E-state index in [0.29, 0.717) is 11.3 Å². The zero-order valence-corrected chi connectivity index (χ0v) is 18.1. The Labute approximate surface area is 185 Å². The average Bonchev–Trinajstić information content (AvgIpc) is 2.76. The number of carbonyl (C=O) groups is 3. The summed E-state index contributed by atoms with van der Waals surface area (Å²) in [6.07, 6.45) is 0. The van der Waals surface area contributed by atoms with E-state index in [0.717, 1.165) is 21.6 Å². The van der Waals surface area contributed by atoms with E-state index < -0.39 is 35.5 Å². The minimum absolute atomic E-state index is 0.0967. The maximum absolute atomic E-state index is 14.7. The van der Waals surface area contributed by atoms with Gasteiger partial charge >= 0.3 is 6.03 Å². The summed E-state index contributed by atoms with van der Waals surface area (Å²) < 4.78 is 14.7. The molecule has 0 aliphatic carbocycles. The number of ketones is 1. The SMILES string of the molecule is Cc1ccc(C(=O)[C@@H]2C(=O)N(c3ccc(C)c(C)c3)C(=O)N[C@H]2c2ccccc2F)cc1. The number of amides is 3. The van der Waals surface area contributed by atoms with Crippen molar-refractivity contribution in [2.24, 2.45) is 5.92 Å². The fraction of sp³-hybridized carbons (Fsp3) is 0.192. The van der Waals surface area contributed by atoms with Crippen LogP contribution in [0.2, 0.25) is 0 Å². The van der Waals surface area contributed by atoms with Crippen LogP contribution in [0, 0.1) is 32.5 Å². The third-order valence-electron chi connectivity index (χ3n) is 5.91. The van der Waals surface area contributed by atoms with Crippen LogP contribution in [0.15, 0.2) is 66.7 Å².